The molecule has 2 aliphatic heterocycles. The molecule has 69 heavy (non-hydrogen) atoms. The fourth-order valence-electron chi connectivity index (χ4n) is 8.93. The summed E-state index contributed by atoms with van der Waals surface area (Å²) in [5, 5.41) is 4.33. The highest BCUT2D eigenvalue weighted by atomic mass is 16.8. The van der Waals surface area contributed by atoms with Crippen LogP contribution in [0.2, 0.25) is 0 Å². The largest absolute Gasteiger partial charge is 0.509 e. The second-order valence-corrected chi connectivity index (χ2v) is 17.1. The molecule has 3 fully saturated rings. The van der Waals surface area contributed by atoms with Crippen LogP contribution in [-0.4, -0.2) is 80.0 Å². The molecule has 6 aromatic rings. The molecule has 9 rings (SSSR count). The van der Waals surface area contributed by atoms with Crippen LogP contribution in [0.4, 0.5) is 4.79 Å². The van der Waals surface area contributed by atoms with Gasteiger partial charge < -0.3 is 47.4 Å². The minimum Gasteiger partial charge on any atom is -0.424 e. The van der Waals surface area contributed by atoms with Gasteiger partial charge in [0.25, 0.3) is 0 Å². The van der Waals surface area contributed by atoms with Crippen molar-refractivity contribution < 1.29 is 52.2 Å². The number of benzene rings is 6. The van der Waals surface area contributed by atoms with Crippen LogP contribution in [0.5, 0.6) is 0 Å². The average Bonchev–Trinajstić information content (AvgIpc) is 3.80. The molecule has 0 spiro atoms. The number of rotatable bonds is 22. The third-order valence-corrected chi connectivity index (χ3v) is 12.3. The van der Waals surface area contributed by atoms with E-state index < -0.39 is 73.4 Å². The first-order valence-corrected chi connectivity index (χ1v) is 23.2. The predicted molar refractivity (Wildman–Crippen MR) is 253 cm³/mol. The first kappa shape index (κ1) is 47.6. The molecule has 2 saturated heterocycles. The summed E-state index contributed by atoms with van der Waals surface area (Å²) >= 11 is 0. The molecule has 11 atom stereocenters. The first-order valence-electron chi connectivity index (χ1n) is 23.2. The van der Waals surface area contributed by atoms with Crippen molar-refractivity contribution in [2.75, 3.05) is 6.61 Å². The van der Waals surface area contributed by atoms with Gasteiger partial charge in [0.2, 0.25) is 0 Å². The highest BCUT2D eigenvalue weighted by Crippen LogP contribution is 2.41. The van der Waals surface area contributed by atoms with Crippen molar-refractivity contribution in [3.8, 4) is 0 Å². The number of hydrogen-bond acceptors (Lipinski definition) is 12. The Bertz CT molecular complexity index is 2510. The highest BCUT2D eigenvalue weighted by molar-refractivity contribution is 5.63. The van der Waals surface area contributed by atoms with E-state index in [2.05, 4.69) is 10.0 Å². The van der Waals surface area contributed by atoms with Gasteiger partial charge in [0.15, 0.2) is 18.5 Å². The van der Waals surface area contributed by atoms with Gasteiger partial charge in [-0.1, -0.05) is 187 Å². The Morgan fingerprint density at radius 2 is 0.783 bits per heavy atom. The third kappa shape index (κ3) is 12.6. The van der Waals surface area contributed by atoms with Gasteiger partial charge in [-0.05, 0) is 38.9 Å². The summed E-state index contributed by atoms with van der Waals surface area (Å²) < 4.78 is 66.5. The van der Waals surface area contributed by atoms with Crippen LogP contribution in [0.25, 0.3) is 10.4 Å². The van der Waals surface area contributed by atoms with Crippen molar-refractivity contribution in [2.45, 2.75) is 107 Å². The molecule has 0 aromatic heterocycles. The van der Waals surface area contributed by atoms with Gasteiger partial charge in [-0.25, -0.2) is 4.79 Å². The number of carbonyl (C=O) groups is 1. The lowest BCUT2D eigenvalue weighted by atomic mass is 9.83. The van der Waals surface area contributed by atoms with Crippen molar-refractivity contribution >= 4 is 6.16 Å². The van der Waals surface area contributed by atoms with Gasteiger partial charge in [-0.15, -0.1) is 0 Å². The van der Waals surface area contributed by atoms with E-state index in [4.69, 9.17) is 47.4 Å². The topological polar surface area (TPSA) is 158 Å². The second-order valence-electron chi connectivity index (χ2n) is 17.1. The Balaban J connectivity index is 1.09. The lowest BCUT2D eigenvalue weighted by Gasteiger charge is -2.49. The molecule has 5 unspecified atom stereocenters. The van der Waals surface area contributed by atoms with Crippen molar-refractivity contribution in [1.29, 1.82) is 0 Å². The summed E-state index contributed by atoms with van der Waals surface area (Å²) in [6.07, 6.45) is -10.8. The predicted octanol–water partition coefficient (Wildman–Crippen LogP) is 9.84. The van der Waals surface area contributed by atoms with E-state index >= 15 is 0 Å². The number of fused-ring (bicyclic) bond motifs is 1. The molecular weight excluding hydrogens is 879 g/mol. The van der Waals surface area contributed by atoms with Crippen LogP contribution in [0, 0.1) is 0 Å². The fraction of sp³-hybridized carbons (Fsp3) is 0.327. The van der Waals surface area contributed by atoms with Crippen LogP contribution in [-0.2, 0) is 87.0 Å². The fourth-order valence-corrected chi connectivity index (χ4v) is 8.93. The van der Waals surface area contributed by atoms with Gasteiger partial charge in [0.05, 0.1) is 46.2 Å². The maximum absolute atomic E-state index is 13.4. The molecule has 1 saturated carbocycles. The number of nitrogens with zero attached hydrogens (tertiary/aromatic N) is 3. The van der Waals surface area contributed by atoms with Crippen molar-refractivity contribution in [2.24, 2.45) is 5.11 Å². The summed E-state index contributed by atoms with van der Waals surface area (Å²) in [7, 11) is 0. The van der Waals surface area contributed by atoms with Crippen LogP contribution in [0.15, 0.2) is 187 Å². The Morgan fingerprint density at radius 3 is 1.20 bits per heavy atom. The Hall–Kier alpha value is -6.42. The number of carbonyl (C=O) groups excluding carboxylic acids is 1. The molecule has 0 bridgehead atoms. The summed E-state index contributed by atoms with van der Waals surface area (Å²) in [5.74, 6) is 0. The molecular formula is C55H55N3O11. The van der Waals surface area contributed by atoms with Crippen molar-refractivity contribution in [3.63, 3.8) is 0 Å². The standard InChI is InChI=1S/C55H55N3O11/c56-58-57-45-47(62-33-40-23-11-3-12-24-40)46(61-32-39-21-9-2-10-22-39)44(37-60-31-38-19-7-1-8-20-38)66-54(45)67-51-49(64-35-42-27-15-5-16-28-42)48(63-34-41-25-13-4-14-26-41)50(52-53(51)69-55(59)68-52)65-36-43-29-17-6-18-30-43/h1-30,44-54H,31-37H2/t44?,45?,46-,47+,48?,49-,50?,51+,52+,53?,54-/m0/s1. The van der Waals surface area contributed by atoms with Gasteiger partial charge in [0.1, 0.15) is 48.8 Å². The van der Waals surface area contributed by atoms with Crippen LogP contribution in [0.1, 0.15) is 33.4 Å². The highest BCUT2D eigenvalue weighted by Gasteiger charge is 2.62. The number of hydrogen-bond donors (Lipinski definition) is 0. The van der Waals surface area contributed by atoms with E-state index in [1.807, 2.05) is 182 Å². The normalized spacial score (nSPS) is 26.3. The summed E-state index contributed by atoms with van der Waals surface area (Å²) in [5.41, 5.74) is 15.8. The monoisotopic (exact) mass is 933 g/mol. The van der Waals surface area contributed by atoms with E-state index in [0.29, 0.717) is 0 Å². The van der Waals surface area contributed by atoms with Gasteiger partial charge in [-0.2, -0.15) is 0 Å². The Kier molecular flexibility index (Phi) is 16.7. The number of ether oxygens (including phenoxy) is 10. The Labute approximate surface area is 401 Å². The molecule has 2 heterocycles. The van der Waals surface area contributed by atoms with E-state index in [1.54, 1.807) is 0 Å². The SMILES string of the molecule is [N-]=[N+]=NC1[C@H](O[C@H]2C3OC(=O)O[C@@H]3C(OCc3ccccc3)C(OCc3ccccc3)[C@@H]2OCc2ccccc2)OC(COCc2ccccc2)[C@H](OCc2ccccc2)[C@@H]1OCc1ccccc1. The minimum absolute atomic E-state index is 0.0450. The van der Waals surface area contributed by atoms with Gasteiger partial charge in [0, 0.05) is 4.91 Å². The van der Waals surface area contributed by atoms with E-state index in [-0.39, 0.29) is 46.2 Å². The van der Waals surface area contributed by atoms with Gasteiger partial charge in [-0.3, -0.25) is 0 Å². The molecule has 14 nitrogen and oxygen atoms in total. The van der Waals surface area contributed by atoms with Crippen LogP contribution >= 0.6 is 0 Å². The quantitative estimate of drug-likeness (QED) is 0.0276. The molecule has 3 aliphatic rings. The van der Waals surface area contributed by atoms with Crippen molar-refractivity contribution in [3.05, 3.63) is 226 Å². The molecule has 0 N–H and O–H groups in total. The second kappa shape index (κ2) is 24.2. The van der Waals surface area contributed by atoms with E-state index in [0.717, 1.165) is 33.4 Å². The Morgan fingerprint density at radius 1 is 0.435 bits per heavy atom. The van der Waals surface area contributed by atoms with E-state index in [9.17, 15) is 10.3 Å². The van der Waals surface area contributed by atoms with Crippen LogP contribution < -0.4 is 0 Å². The van der Waals surface area contributed by atoms with E-state index in [1.165, 1.54) is 0 Å². The molecule has 14 heteroatoms. The van der Waals surface area contributed by atoms with Crippen LogP contribution in [0.3, 0.4) is 0 Å². The summed E-state index contributed by atoms with van der Waals surface area (Å²) in [6.45, 7) is 1.15. The smallest absolute Gasteiger partial charge is 0.424 e. The zero-order valence-corrected chi connectivity index (χ0v) is 38.0. The molecule has 356 valence electrons. The summed E-state index contributed by atoms with van der Waals surface area (Å²) in [4.78, 5) is 16.7. The molecule has 0 amide bonds. The molecule has 1 aliphatic carbocycles. The third-order valence-electron chi connectivity index (χ3n) is 12.3. The maximum Gasteiger partial charge on any atom is 0.509 e. The van der Waals surface area contributed by atoms with Gasteiger partial charge >= 0.3 is 6.16 Å². The number of azide groups is 1. The lowest BCUT2D eigenvalue weighted by Crippen LogP contribution is -2.68. The maximum atomic E-state index is 13.4. The zero-order valence-electron chi connectivity index (χ0n) is 38.0. The molecule has 6 aromatic carbocycles. The average molecular weight is 934 g/mol. The van der Waals surface area contributed by atoms with Crippen molar-refractivity contribution in [1.82, 2.24) is 0 Å². The molecule has 0 radical (unpaired) electrons. The first-order chi connectivity index (χ1) is 34.1. The summed E-state index contributed by atoms with van der Waals surface area (Å²) in [6, 6.07) is 57.2. The minimum atomic E-state index is -1.33. The zero-order chi connectivity index (χ0) is 47.0. The lowest BCUT2D eigenvalue weighted by molar-refractivity contribution is -0.327.